The SMILES string of the molecule is Cc1ccccc1Cn1cc([C@@H]2SCC(=O)N2Cc2ccccc2)nn1. The van der Waals surface area contributed by atoms with E-state index in [2.05, 4.69) is 29.4 Å². The first kappa shape index (κ1) is 16.8. The van der Waals surface area contributed by atoms with Crippen LogP contribution in [0, 0.1) is 6.92 Å². The van der Waals surface area contributed by atoms with Crippen LogP contribution in [0.4, 0.5) is 0 Å². The third-order valence-electron chi connectivity index (χ3n) is 4.57. The van der Waals surface area contributed by atoms with Gasteiger partial charge in [-0.3, -0.25) is 4.79 Å². The lowest BCUT2D eigenvalue weighted by Gasteiger charge is -2.22. The first-order valence-electron chi connectivity index (χ1n) is 8.60. The third kappa shape index (κ3) is 3.51. The Balaban J connectivity index is 1.52. The van der Waals surface area contributed by atoms with E-state index in [1.165, 1.54) is 11.1 Å². The van der Waals surface area contributed by atoms with E-state index in [4.69, 9.17) is 0 Å². The highest BCUT2D eigenvalue weighted by Crippen LogP contribution is 2.38. The second kappa shape index (κ2) is 7.33. The smallest absolute Gasteiger partial charge is 0.234 e. The highest BCUT2D eigenvalue weighted by atomic mass is 32.2. The molecule has 26 heavy (non-hydrogen) atoms. The molecule has 1 atom stereocenters. The molecular weight excluding hydrogens is 344 g/mol. The summed E-state index contributed by atoms with van der Waals surface area (Å²) in [6, 6.07) is 18.3. The number of hydrogen-bond donors (Lipinski definition) is 0. The number of benzene rings is 2. The van der Waals surface area contributed by atoms with E-state index in [-0.39, 0.29) is 11.3 Å². The van der Waals surface area contributed by atoms with Crippen LogP contribution in [0.25, 0.3) is 0 Å². The lowest BCUT2D eigenvalue weighted by Crippen LogP contribution is -2.27. The molecule has 0 spiro atoms. The Morgan fingerprint density at radius 1 is 1.08 bits per heavy atom. The highest BCUT2D eigenvalue weighted by Gasteiger charge is 2.34. The number of thioether (sulfide) groups is 1. The molecule has 0 bridgehead atoms. The van der Waals surface area contributed by atoms with Gasteiger partial charge in [0.15, 0.2) is 0 Å². The first-order chi connectivity index (χ1) is 12.7. The van der Waals surface area contributed by atoms with E-state index in [9.17, 15) is 4.79 Å². The molecule has 1 aliphatic heterocycles. The number of aryl methyl sites for hydroxylation is 1. The maximum Gasteiger partial charge on any atom is 0.234 e. The predicted octanol–water partition coefficient (Wildman–Crippen LogP) is 3.41. The first-order valence-corrected chi connectivity index (χ1v) is 9.65. The van der Waals surface area contributed by atoms with Crippen molar-refractivity contribution in [1.29, 1.82) is 0 Å². The molecule has 0 radical (unpaired) electrons. The van der Waals surface area contributed by atoms with Crippen molar-refractivity contribution in [3.8, 4) is 0 Å². The fraction of sp³-hybridized carbons (Fsp3) is 0.250. The number of aromatic nitrogens is 3. The van der Waals surface area contributed by atoms with Crippen molar-refractivity contribution in [1.82, 2.24) is 19.9 Å². The Labute approximate surface area is 157 Å². The maximum absolute atomic E-state index is 12.4. The highest BCUT2D eigenvalue weighted by molar-refractivity contribution is 8.00. The minimum atomic E-state index is -0.0756. The molecule has 1 amide bonds. The van der Waals surface area contributed by atoms with Gasteiger partial charge in [0.05, 0.1) is 18.5 Å². The Morgan fingerprint density at radius 3 is 2.65 bits per heavy atom. The number of rotatable bonds is 5. The van der Waals surface area contributed by atoms with Crippen molar-refractivity contribution >= 4 is 17.7 Å². The summed E-state index contributed by atoms with van der Waals surface area (Å²) < 4.78 is 1.85. The summed E-state index contributed by atoms with van der Waals surface area (Å²) in [6.45, 7) is 3.38. The van der Waals surface area contributed by atoms with Gasteiger partial charge in [-0.05, 0) is 23.6 Å². The van der Waals surface area contributed by atoms with Gasteiger partial charge in [0.2, 0.25) is 5.91 Å². The van der Waals surface area contributed by atoms with E-state index in [0.717, 1.165) is 11.3 Å². The molecule has 1 aromatic heterocycles. The third-order valence-corrected chi connectivity index (χ3v) is 5.79. The summed E-state index contributed by atoms with van der Waals surface area (Å²) >= 11 is 1.61. The van der Waals surface area contributed by atoms with Crippen molar-refractivity contribution in [2.24, 2.45) is 0 Å². The molecule has 0 aliphatic carbocycles. The molecule has 2 aromatic carbocycles. The molecule has 1 fully saturated rings. The normalized spacial score (nSPS) is 17.0. The van der Waals surface area contributed by atoms with Gasteiger partial charge < -0.3 is 4.90 Å². The quantitative estimate of drug-likeness (QED) is 0.696. The standard InChI is InChI=1S/C20H20N4OS/c1-15-7-5-6-10-17(15)12-23-13-18(21-22-23)20-24(19(25)14-26-20)11-16-8-3-2-4-9-16/h2-10,13,20H,11-12,14H2,1H3/t20-/m0/s1. The van der Waals surface area contributed by atoms with Crippen LogP contribution in [-0.2, 0) is 17.9 Å². The van der Waals surface area contributed by atoms with Crippen LogP contribution in [-0.4, -0.2) is 31.6 Å². The van der Waals surface area contributed by atoms with Crippen LogP contribution in [0.5, 0.6) is 0 Å². The number of carbonyl (C=O) groups excluding carboxylic acids is 1. The average Bonchev–Trinajstić information content (AvgIpc) is 3.25. The number of nitrogens with zero attached hydrogens (tertiary/aromatic N) is 4. The molecule has 3 aromatic rings. The molecule has 0 unspecified atom stereocenters. The Hall–Kier alpha value is -2.60. The van der Waals surface area contributed by atoms with Gasteiger partial charge in [-0.1, -0.05) is 59.8 Å². The molecule has 0 saturated carbocycles. The molecule has 6 heteroatoms. The predicted molar refractivity (Wildman–Crippen MR) is 102 cm³/mol. The van der Waals surface area contributed by atoms with Crippen molar-refractivity contribution in [3.05, 3.63) is 83.2 Å². The van der Waals surface area contributed by atoms with Crippen molar-refractivity contribution in [2.75, 3.05) is 5.75 Å². The van der Waals surface area contributed by atoms with E-state index >= 15 is 0 Å². The van der Waals surface area contributed by atoms with Crippen LogP contribution in [0.2, 0.25) is 0 Å². The van der Waals surface area contributed by atoms with Crippen LogP contribution in [0.3, 0.4) is 0 Å². The van der Waals surface area contributed by atoms with Gasteiger partial charge in [0.25, 0.3) is 0 Å². The van der Waals surface area contributed by atoms with Gasteiger partial charge in [0.1, 0.15) is 11.1 Å². The minimum Gasteiger partial charge on any atom is -0.320 e. The van der Waals surface area contributed by atoms with Crippen molar-refractivity contribution in [3.63, 3.8) is 0 Å². The maximum atomic E-state index is 12.4. The summed E-state index contributed by atoms with van der Waals surface area (Å²) in [5.41, 5.74) is 4.42. The molecule has 0 N–H and O–H groups in total. The largest absolute Gasteiger partial charge is 0.320 e. The summed E-state index contributed by atoms with van der Waals surface area (Å²) in [6.07, 6.45) is 1.96. The van der Waals surface area contributed by atoms with Crippen LogP contribution >= 0.6 is 11.8 Å². The number of carbonyl (C=O) groups is 1. The second-order valence-corrected chi connectivity index (χ2v) is 7.51. The topological polar surface area (TPSA) is 51.0 Å². The summed E-state index contributed by atoms with van der Waals surface area (Å²) in [5, 5.41) is 8.55. The van der Waals surface area contributed by atoms with Crippen LogP contribution < -0.4 is 0 Å². The Kier molecular flexibility index (Phi) is 4.75. The molecule has 5 nitrogen and oxygen atoms in total. The van der Waals surface area contributed by atoms with E-state index < -0.39 is 0 Å². The van der Waals surface area contributed by atoms with Gasteiger partial charge in [-0.25, -0.2) is 4.68 Å². The molecular formula is C20H20N4OS. The molecule has 1 aliphatic rings. The fourth-order valence-electron chi connectivity index (χ4n) is 3.12. The zero-order valence-electron chi connectivity index (χ0n) is 14.6. The fourth-order valence-corrected chi connectivity index (χ4v) is 4.23. The summed E-state index contributed by atoms with van der Waals surface area (Å²) in [7, 11) is 0. The van der Waals surface area contributed by atoms with Gasteiger partial charge >= 0.3 is 0 Å². The zero-order chi connectivity index (χ0) is 17.9. The van der Waals surface area contributed by atoms with Crippen LogP contribution in [0.15, 0.2) is 60.8 Å². The summed E-state index contributed by atoms with van der Waals surface area (Å²) in [4.78, 5) is 14.2. The summed E-state index contributed by atoms with van der Waals surface area (Å²) in [5.74, 6) is 0.639. The lowest BCUT2D eigenvalue weighted by molar-refractivity contribution is -0.128. The second-order valence-electron chi connectivity index (χ2n) is 6.44. The zero-order valence-corrected chi connectivity index (χ0v) is 15.4. The van der Waals surface area contributed by atoms with E-state index in [0.29, 0.717) is 18.8 Å². The van der Waals surface area contributed by atoms with E-state index in [1.54, 1.807) is 11.8 Å². The molecule has 4 rings (SSSR count). The monoisotopic (exact) mass is 364 g/mol. The number of hydrogen-bond acceptors (Lipinski definition) is 4. The van der Waals surface area contributed by atoms with Gasteiger partial charge in [-0.2, -0.15) is 0 Å². The molecule has 132 valence electrons. The van der Waals surface area contributed by atoms with Crippen molar-refractivity contribution in [2.45, 2.75) is 25.4 Å². The Bertz CT molecular complexity index is 909. The number of amides is 1. The van der Waals surface area contributed by atoms with Gasteiger partial charge in [-0.15, -0.1) is 16.9 Å². The molecule has 1 saturated heterocycles. The minimum absolute atomic E-state index is 0.0756. The lowest BCUT2D eigenvalue weighted by atomic mass is 10.1. The van der Waals surface area contributed by atoms with E-state index in [1.807, 2.05) is 58.2 Å². The average molecular weight is 364 g/mol. The van der Waals surface area contributed by atoms with Crippen molar-refractivity contribution < 1.29 is 4.79 Å². The molecule has 2 heterocycles. The Morgan fingerprint density at radius 2 is 1.85 bits per heavy atom. The van der Waals surface area contributed by atoms with Gasteiger partial charge in [0, 0.05) is 6.54 Å². The van der Waals surface area contributed by atoms with Crippen LogP contribution in [0.1, 0.15) is 27.8 Å².